The molecule has 4 aromatic rings. The third-order valence-corrected chi connectivity index (χ3v) is 7.46. The first-order valence-corrected chi connectivity index (χ1v) is 12.6. The monoisotopic (exact) mass is 494 g/mol. The Morgan fingerprint density at radius 2 is 1.92 bits per heavy atom. The molecule has 0 radical (unpaired) electrons. The number of fused-ring (bicyclic) bond motifs is 3. The second-order valence-electron chi connectivity index (χ2n) is 9.65. The third kappa shape index (κ3) is 4.10. The molecule has 0 aliphatic carbocycles. The number of rotatable bonds is 6. The molecule has 2 aliphatic rings. The quantitative estimate of drug-likeness (QED) is 0.380. The van der Waals surface area contributed by atoms with Crippen molar-refractivity contribution in [3.05, 3.63) is 94.8 Å². The minimum absolute atomic E-state index is 0.202. The Bertz CT molecular complexity index is 1540. The molecule has 7 heteroatoms. The van der Waals surface area contributed by atoms with Gasteiger partial charge in [0.05, 0.1) is 5.52 Å². The smallest absolute Gasteiger partial charge is 0.270 e. The number of carbonyl (C=O) groups excluding carboxylic acids is 1. The van der Waals surface area contributed by atoms with Gasteiger partial charge in [0.15, 0.2) is 17.3 Å². The highest BCUT2D eigenvalue weighted by atomic mass is 16.7. The van der Waals surface area contributed by atoms with Gasteiger partial charge in [-0.15, -0.1) is 6.58 Å². The second kappa shape index (κ2) is 9.32. The van der Waals surface area contributed by atoms with E-state index in [0.29, 0.717) is 24.5 Å². The summed E-state index contributed by atoms with van der Waals surface area (Å²) < 4.78 is 13.1. The molecule has 0 atom stereocenters. The van der Waals surface area contributed by atoms with Crippen LogP contribution in [-0.4, -0.2) is 28.8 Å². The van der Waals surface area contributed by atoms with Crippen molar-refractivity contribution < 1.29 is 14.3 Å². The Kier molecular flexibility index (Phi) is 5.83. The van der Waals surface area contributed by atoms with Gasteiger partial charge in [-0.05, 0) is 60.7 Å². The average Bonchev–Trinajstić information content (AvgIpc) is 3.49. The molecule has 0 saturated heterocycles. The molecule has 2 aromatic carbocycles. The number of pyridine rings is 1. The number of aryl methyl sites for hydroxylation is 1. The van der Waals surface area contributed by atoms with Gasteiger partial charge in [-0.1, -0.05) is 36.4 Å². The SMILES string of the molecule is C=CCn1c(C)c(C)c2cc(C(=O)NCc3ccc4c(c3)OCO4)nc(N3CCc4ccccc4C3)c21. The maximum Gasteiger partial charge on any atom is 0.270 e. The van der Waals surface area contributed by atoms with Crippen LogP contribution in [0.25, 0.3) is 10.9 Å². The van der Waals surface area contributed by atoms with Crippen molar-refractivity contribution >= 4 is 22.6 Å². The topological polar surface area (TPSA) is 68.6 Å². The van der Waals surface area contributed by atoms with Gasteiger partial charge < -0.3 is 24.3 Å². The highest BCUT2D eigenvalue weighted by Gasteiger charge is 2.25. The number of benzene rings is 2. The molecule has 2 aromatic heterocycles. The molecule has 37 heavy (non-hydrogen) atoms. The van der Waals surface area contributed by atoms with Crippen LogP contribution in [0, 0.1) is 13.8 Å². The van der Waals surface area contributed by atoms with Crippen LogP contribution in [-0.2, 0) is 26.1 Å². The summed E-state index contributed by atoms with van der Waals surface area (Å²) in [6.45, 7) is 11.1. The predicted molar refractivity (Wildman–Crippen MR) is 144 cm³/mol. The molecule has 0 fully saturated rings. The first-order valence-electron chi connectivity index (χ1n) is 12.6. The maximum atomic E-state index is 13.4. The van der Waals surface area contributed by atoms with E-state index in [4.69, 9.17) is 14.5 Å². The number of nitrogens with zero attached hydrogens (tertiary/aromatic N) is 3. The van der Waals surface area contributed by atoms with Crippen LogP contribution in [0.15, 0.2) is 61.2 Å². The van der Waals surface area contributed by atoms with Crippen LogP contribution in [0.2, 0.25) is 0 Å². The Morgan fingerprint density at radius 3 is 2.76 bits per heavy atom. The fourth-order valence-corrected chi connectivity index (χ4v) is 5.34. The Labute approximate surface area is 216 Å². The van der Waals surface area contributed by atoms with Crippen LogP contribution in [0.3, 0.4) is 0 Å². The number of anilines is 1. The summed E-state index contributed by atoms with van der Waals surface area (Å²) in [5, 5.41) is 4.10. The molecule has 0 unspecified atom stereocenters. The Hall–Kier alpha value is -4.26. The van der Waals surface area contributed by atoms with Crippen LogP contribution >= 0.6 is 0 Å². The zero-order valence-electron chi connectivity index (χ0n) is 21.2. The number of amides is 1. The van der Waals surface area contributed by atoms with E-state index in [1.54, 1.807) is 0 Å². The summed E-state index contributed by atoms with van der Waals surface area (Å²) >= 11 is 0. The molecule has 0 spiro atoms. The third-order valence-electron chi connectivity index (χ3n) is 7.46. The van der Waals surface area contributed by atoms with Crippen LogP contribution in [0.5, 0.6) is 11.5 Å². The zero-order valence-corrected chi connectivity index (χ0v) is 21.2. The highest BCUT2D eigenvalue weighted by molar-refractivity contribution is 6.01. The summed E-state index contributed by atoms with van der Waals surface area (Å²) in [7, 11) is 0. The molecule has 1 amide bonds. The summed E-state index contributed by atoms with van der Waals surface area (Å²) in [5.41, 5.74) is 7.41. The van der Waals surface area contributed by atoms with Gasteiger partial charge in [-0.3, -0.25) is 4.79 Å². The maximum absolute atomic E-state index is 13.4. The summed E-state index contributed by atoms with van der Waals surface area (Å²) in [6, 6.07) is 16.2. The van der Waals surface area contributed by atoms with Gasteiger partial charge in [0.1, 0.15) is 5.69 Å². The normalized spacial score (nSPS) is 14.1. The first kappa shape index (κ1) is 23.2. The van der Waals surface area contributed by atoms with Crippen molar-refractivity contribution in [2.24, 2.45) is 0 Å². The van der Waals surface area contributed by atoms with Crippen LogP contribution in [0.1, 0.15) is 38.4 Å². The number of allylic oxidation sites excluding steroid dienone is 1. The fourth-order valence-electron chi connectivity index (χ4n) is 5.34. The molecule has 6 rings (SSSR count). The average molecular weight is 495 g/mol. The highest BCUT2D eigenvalue weighted by Crippen LogP contribution is 2.35. The molecule has 4 heterocycles. The number of nitrogens with one attached hydrogen (secondary N) is 1. The van der Waals surface area contributed by atoms with Crippen molar-refractivity contribution in [2.45, 2.75) is 39.9 Å². The van der Waals surface area contributed by atoms with E-state index in [9.17, 15) is 4.79 Å². The van der Waals surface area contributed by atoms with E-state index in [1.807, 2.05) is 30.3 Å². The van der Waals surface area contributed by atoms with E-state index >= 15 is 0 Å². The fraction of sp³-hybridized carbons (Fsp3) is 0.267. The zero-order chi connectivity index (χ0) is 25.5. The van der Waals surface area contributed by atoms with E-state index in [-0.39, 0.29) is 12.7 Å². The van der Waals surface area contributed by atoms with Gasteiger partial charge in [0.25, 0.3) is 5.91 Å². The molecule has 2 aliphatic heterocycles. The molecule has 7 nitrogen and oxygen atoms in total. The van der Waals surface area contributed by atoms with Crippen molar-refractivity contribution in [1.82, 2.24) is 14.9 Å². The van der Waals surface area contributed by atoms with Crippen LogP contribution < -0.4 is 19.7 Å². The molecular weight excluding hydrogens is 464 g/mol. The van der Waals surface area contributed by atoms with E-state index in [0.717, 1.165) is 58.8 Å². The number of ether oxygens (including phenoxy) is 2. The standard InChI is InChI=1S/C30H30N4O3/c1-4-12-34-20(3)19(2)24-15-25(30(35)31-16-21-9-10-26-27(14-21)37-18-36-26)32-29(28(24)34)33-13-11-22-7-5-6-8-23(22)17-33/h4-10,14-15H,1,11-13,16-18H2,2-3H3,(H,31,35). The van der Waals surface area contributed by atoms with E-state index in [1.165, 1.54) is 11.1 Å². The van der Waals surface area contributed by atoms with Gasteiger partial charge in [-0.25, -0.2) is 4.98 Å². The summed E-state index contributed by atoms with van der Waals surface area (Å²) in [4.78, 5) is 20.7. The lowest BCUT2D eigenvalue weighted by molar-refractivity contribution is 0.0946. The molecule has 1 N–H and O–H groups in total. The number of aromatic nitrogens is 2. The lowest BCUT2D eigenvalue weighted by atomic mass is 10.00. The van der Waals surface area contributed by atoms with Crippen LogP contribution in [0.4, 0.5) is 5.82 Å². The summed E-state index contributed by atoms with van der Waals surface area (Å²) in [6.07, 6.45) is 2.85. The Balaban J connectivity index is 1.37. The van der Waals surface area contributed by atoms with Crippen molar-refractivity contribution in [1.29, 1.82) is 0 Å². The van der Waals surface area contributed by atoms with Gasteiger partial charge in [0, 0.05) is 37.3 Å². The van der Waals surface area contributed by atoms with Gasteiger partial charge >= 0.3 is 0 Å². The molecule has 188 valence electrons. The number of hydrogen-bond acceptors (Lipinski definition) is 5. The predicted octanol–water partition coefficient (Wildman–Crippen LogP) is 5.06. The largest absolute Gasteiger partial charge is 0.454 e. The van der Waals surface area contributed by atoms with Gasteiger partial charge in [-0.2, -0.15) is 0 Å². The van der Waals surface area contributed by atoms with Crippen molar-refractivity contribution in [3.63, 3.8) is 0 Å². The van der Waals surface area contributed by atoms with Gasteiger partial charge in [0.2, 0.25) is 6.79 Å². The van der Waals surface area contributed by atoms with Crippen molar-refractivity contribution in [3.8, 4) is 11.5 Å². The lowest BCUT2D eigenvalue weighted by Crippen LogP contribution is -2.32. The van der Waals surface area contributed by atoms with Crippen molar-refractivity contribution in [2.75, 3.05) is 18.2 Å². The Morgan fingerprint density at radius 1 is 1.11 bits per heavy atom. The minimum Gasteiger partial charge on any atom is -0.454 e. The molecular formula is C30H30N4O3. The number of carbonyl (C=O) groups is 1. The lowest BCUT2D eigenvalue weighted by Gasteiger charge is -2.31. The van der Waals surface area contributed by atoms with E-state index < -0.39 is 0 Å². The molecule has 0 saturated carbocycles. The minimum atomic E-state index is -0.202. The summed E-state index contributed by atoms with van der Waals surface area (Å²) in [5.74, 6) is 2.07. The number of hydrogen-bond donors (Lipinski definition) is 1. The first-order chi connectivity index (χ1) is 18.0. The van der Waals surface area contributed by atoms with E-state index in [2.05, 4.69) is 59.5 Å². The molecule has 0 bridgehead atoms. The second-order valence-corrected chi connectivity index (χ2v) is 9.65.